The summed E-state index contributed by atoms with van der Waals surface area (Å²) in [6.45, 7) is 0. The standard InChI is InChI=1S/C56H30/c1-2-11-34(12-3-1)51-47-29-45-39-20-8-16-33-17-9-21-40(50(33)39)46(45)30-48(47)52(36-23-22-31-10-4-5-13-35(31)28-36)56-44-27-25-42-38-19-7-15-32-14-6-18-37(49(32)38)41-24-26-43(55(51)56)54(44)53(41)42/h1-30H. The first-order chi connectivity index (χ1) is 27.8. The molecular formula is C56H30. The lowest BCUT2D eigenvalue weighted by Gasteiger charge is -2.18. The van der Waals surface area contributed by atoms with Crippen LogP contribution in [0.25, 0.3) is 141 Å². The van der Waals surface area contributed by atoms with E-state index in [1.807, 2.05) is 0 Å². The molecule has 0 amide bonds. The van der Waals surface area contributed by atoms with E-state index in [0.717, 1.165) is 0 Å². The van der Waals surface area contributed by atoms with E-state index in [1.165, 1.54) is 141 Å². The fraction of sp³-hybridized carbons (Fsp3) is 0. The molecule has 0 radical (unpaired) electrons. The van der Waals surface area contributed by atoms with Crippen molar-refractivity contribution in [2.45, 2.75) is 0 Å². The Morgan fingerprint density at radius 3 is 1.18 bits per heavy atom. The summed E-state index contributed by atoms with van der Waals surface area (Å²) in [5, 5.41) is 29.2. The van der Waals surface area contributed by atoms with Crippen molar-refractivity contribution in [1.29, 1.82) is 0 Å². The number of hydrogen-bond acceptors (Lipinski definition) is 0. The van der Waals surface area contributed by atoms with Crippen LogP contribution in [0.2, 0.25) is 0 Å². The average Bonchev–Trinajstić information content (AvgIpc) is 3.76. The van der Waals surface area contributed by atoms with Crippen molar-refractivity contribution >= 4 is 118 Å². The van der Waals surface area contributed by atoms with Crippen molar-refractivity contribution in [2.75, 3.05) is 0 Å². The average molecular weight is 703 g/mol. The van der Waals surface area contributed by atoms with Gasteiger partial charge in [0.15, 0.2) is 0 Å². The first-order valence-corrected chi connectivity index (χ1v) is 19.7. The van der Waals surface area contributed by atoms with Crippen molar-refractivity contribution in [2.24, 2.45) is 0 Å². The molecule has 0 heterocycles. The molecule has 0 spiro atoms. The molecule has 0 aliphatic carbocycles. The molecule has 0 aliphatic heterocycles. The molecular weight excluding hydrogens is 673 g/mol. The van der Waals surface area contributed by atoms with Gasteiger partial charge in [0.2, 0.25) is 0 Å². The van der Waals surface area contributed by atoms with Crippen molar-refractivity contribution in [3.8, 4) is 22.3 Å². The minimum Gasteiger partial charge on any atom is -0.0622 e. The van der Waals surface area contributed by atoms with Crippen molar-refractivity contribution < 1.29 is 0 Å². The molecule has 0 aliphatic rings. The number of rotatable bonds is 2. The van der Waals surface area contributed by atoms with Gasteiger partial charge in [0, 0.05) is 0 Å². The highest BCUT2D eigenvalue weighted by Crippen LogP contribution is 2.55. The van der Waals surface area contributed by atoms with Crippen LogP contribution < -0.4 is 0 Å². The van der Waals surface area contributed by atoms with Gasteiger partial charge in [-0.05, 0) is 159 Å². The molecule has 0 heteroatoms. The summed E-state index contributed by atoms with van der Waals surface area (Å²) >= 11 is 0. The Morgan fingerprint density at radius 2 is 0.607 bits per heavy atom. The maximum atomic E-state index is 2.54. The summed E-state index contributed by atoms with van der Waals surface area (Å²) in [5.41, 5.74) is 5.14. The Balaban J connectivity index is 1.29. The molecule has 0 saturated heterocycles. The predicted molar refractivity (Wildman–Crippen MR) is 243 cm³/mol. The zero-order valence-corrected chi connectivity index (χ0v) is 30.3. The van der Waals surface area contributed by atoms with E-state index < -0.39 is 0 Å². The molecule has 14 rings (SSSR count). The SMILES string of the molecule is c1ccc(-c2c3cc4c(cc3c(-c3ccc5ccccc5c3)c3c5ccc6c7cccc8cccc(c9ccc(c23)c5c96)c87)c2cccc3cccc4c32)cc1. The lowest BCUT2D eigenvalue weighted by Crippen LogP contribution is -1.90. The van der Waals surface area contributed by atoms with Crippen LogP contribution in [-0.2, 0) is 0 Å². The van der Waals surface area contributed by atoms with E-state index in [1.54, 1.807) is 0 Å². The summed E-state index contributed by atoms with van der Waals surface area (Å²) in [6, 6.07) is 69.0. The predicted octanol–water partition coefficient (Wildman–Crippen LogP) is 16.0. The third-order valence-corrected chi connectivity index (χ3v) is 13.2. The molecule has 0 nitrogen and oxygen atoms in total. The van der Waals surface area contributed by atoms with Crippen LogP contribution in [0.5, 0.6) is 0 Å². The number of fused-ring (bicyclic) bond motifs is 10. The van der Waals surface area contributed by atoms with Gasteiger partial charge in [0.05, 0.1) is 0 Å². The normalized spacial score (nSPS) is 12.6. The van der Waals surface area contributed by atoms with E-state index in [0.29, 0.717) is 0 Å². The van der Waals surface area contributed by atoms with Gasteiger partial charge in [-0.3, -0.25) is 0 Å². The summed E-state index contributed by atoms with van der Waals surface area (Å²) in [7, 11) is 0. The third kappa shape index (κ3) is 3.51. The topological polar surface area (TPSA) is 0 Å². The molecule has 0 bridgehead atoms. The Hall–Kier alpha value is -7.28. The van der Waals surface area contributed by atoms with Crippen LogP contribution in [0, 0.1) is 0 Å². The summed E-state index contributed by atoms with van der Waals surface area (Å²) in [5.74, 6) is 0. The summed E-state index contributed by atoms with van der Waals surface area (Å²) < 4.78 is 0. The van der Waals surface area contributed by atoms with Crippen molar-refractivity contribution in [3.63, 3.8) is 0 Å². The fourth-order valence-electron chi connectivity index (χ4n) is 11.0. The van der Waals surface area contributed by atoms with E-state index in [2.05, 4.69) is 182 Å². The molecule has 0 atom stereocenters. The number of benzene rings is 12. The summed E-state index contributed by atoms with van der Waals surface area (Å²) in [4.78, 5) is 0. The van der Waals surface area contributed by atoms with Crippen LogP contribution in [0.15, 0.2) is 182 Å². The molecule has 14 aromatic rings. The Bertz CT molecular complexity index is 3910. The Labute approximate surface area is 321 Å². The van der Waals surface area contributed by atoms with Crippen LogP contribution in [0.4, 0.5) is 0 Å². The first-order valence-electron chi connectivity index (χ1n) is 19.7. The quantitative estimate of drug-likeness (QED) is 0.124. The van der Waals surface area contributed by atoms with Gasteiger partial charge in [-0.15, -0.1) is 0 Å². The molecule has 56 heavy (non-hydrogen) atoms. The molecule has 0 fully saturated rings. The second kappa shape index (κ2) is 10.3. The van der Waals surface area contributed by atoms with Crippen LogP contribution in [-0.4, -0.2) is 0 Å². The van der Waals surface area contributed by atoms with Crippen molar-refractivity contribution in [1.82, 2.24) is 0 Å². The molecule has 254 valence electrons. The smallest absolute Gasteiger partial charge is 0.000740 e. The van der Waals surface area contributed by atoms with Gasteiger partial charge in [-0.2, -0.15) is 0 Å². The van der Waals surface area contributed by atoms with Crippen LogP contribution in [0.1, 0.15) is 0 Å². The minimum absolute atomic E-state index is 1.25. The largest absolute Gasteiger partial charge is 0.0622 e. The third-order valence-electron chi connectivity index (χ3n) is 13.2. The monoisotopic (exact) mass is 702 g/mol. The van der Waals surface area contributed by atoms with Gasteiger partial charge in [-0.25, -0.2) is 0 Å². The lowest BCUT2D eigenvalue weighted by atomic mass is 9.85. The van der Waals surface area contributed by atoms with E-state index in [4.69, 9.17) is 0 Å². The maximum absolute atomic E-state index is 2.54. The van der Waals surface area contributed by atoms with Gasteiger partial charge in [-0.1, -0.05) is 164 Å². The fourth-order valence-corrected chi connectivity index (χ4v) is 11.0. The second-order valence-corrected chi connectivity index (χ2v) is 15.9. The second-order valence-electron chi connectivity index (χ2n) is 15.9. The molecule has 0 N–H and O–H groups in total. The highest BCUT2D eigenvalue weighted by atomic mass is 14.3. The zero-order valence-electron chi connectivity index (χ0n) is 30.3. The van der Waals surface area contributed by atoms with Gasteiger partial charge in [0.25, 0.3) is 0 Å². The maximum Gasteiger partial charge on any atom is -0.000740 e. The first kappa shape index (κ1) is 29.1. The van der Waals surface area contributed by atoms with Crippen molar-refractivity contribution in [3.05, 3.63) is 182 Å². The van der Waals surface area contributed by atoms with Crippen LogP contribution >= 0.6 is 0 Å². The highest BCUT2D eigenvalue weighted by Gasteiger charge is 2.27. The summed E-state index contributed by atoms with van der Waals surface area (Å²) in [6.07, 6.45) is 0. The lowest BCUT2D eigenvalue weighted by molar-refractivity contribution is 1.69. The van der Waals surface area contributed by atoms with E-state index >= 15 is 0 Å². The van der Waals surface area contributed by atoms with E-state index in [9.17, 15) is 0 Å². The molecule has 0 unspecified atom stereocenters. The molecule has 0 saturated carbocycles. The van der Waals surface area contributed by atoms with Gasteiger partial charge in [0.1, 0.15) is 0 Å². The molecule has 14 aromatic carbocycles. The number of hydrogen-bond donors (Lipinski definition) is 0. The Kier molecular flexibility index (Phi) is 5.34. The zero-order chi connectivity index (χ0) is 36.2. The van der Waals surface area contributed by atoms with Gasteiger partial charge < -0.3 is 0 Å². The minimum atomic E-state index is 1.25. The molecule has 0 aromatic heterocycles. The highest BCUT2D eigenvalue weighted by molar-refractivity contribution is 6.46. The van der Waals surface area contributed by atoms with Crippen LogP contribution in [0.3, 0.4) is 0 Å². The van der Waals surface area contributed by atoms with Gasteiger partial charge >= 0.3 is 0 Å². The van der Waals surface area contributed by atoms with E-state index in [-0.39, 0.29) is 0 Å². The Morgan fingerprint density at radius 1 is 0.179 bits per heavy atom.